The van der Waals surface area contributed by atoms with Crippen LogP contribution in [0.25, 0.3) is 10.2 Å². The number of alkyl carbamates (subject to hydrolysis) is 1. The van der Waals surface area contributed by atoms with Crippen LogP contribution >= 0.6 is 11.3 Å². The summed E-state index contributed by atoms with van der Waals surface area (Å²) in [5, 5.41) is 6.08. The van der Waals surface area contributed by atoms with Crippen molar-refractivity contribution in [1.82, 2.24) is 10.3 Å². The predicted octanol–water partition coefficient (Wildman–Crippen LogP) is 3.62. The Labute approximate surface area is 128 Å². The molecule has 2 rings (SSSR count). The van der Waals surface area contributed by atoms with E-state index in [4.69, 9.17) is 4.74 Å². The fraction of sp³-hybridized carbons (Fsp3) is 0.467. The average molecular weight is 307 g/mol. The average Bonchev–Trinajstić information content (AvgIpc) is 2.83. The van der Waals surface area contributed by atoms with Crippen molar-refractivity contribution < 1.29 is 9.53 Å². The monoisotopic (exact) mass is 307 g/mol. The molecule has 0 radical (unpaired) electrons. The summed E-state index contributed by atoms with van der Waals surface area (Å²) in [7, 11) is 0. The first-order chi connectivity index (χ1) is 9.94. The Morgan fingerprint density at radius 3 is 2.90 bits per heavy atom. The van der Waals surface area contributed by atoms with E-state index in [2.05, 4.69) is 21.7 Å². The van der Waals surface area contributed by atoms with Crippen LogP contribution in [0.3, 0.4) is 0 Å². The van der Waals surface area contributed by atoms with Gasteiger partial charge >= 0.3 is 6.09 Å². The van der Waals surface area contributed by atoms with E-state index < -0.39 is 5.60 Å². The minimum atomic E-state index is -0.452. The van der Waals surface area contributed by atoms with Crippen molar-refractivity contribution in [2.45, 2.75) is 32.8 Å². The minimum Gasteiger partial charge on any atom is -0.444 e. The lowest BCUT2D eigenvalue weighted by Crippen LogP contribution is -2.33. The van der Waals surface area contributed by atoms with E-state index in [9.17, 15) is 4.79 Å². The van der Waals surface area contributed by atoms with Crippen LogP contribution in [0.4, 0.5) is 10.5 Å². The van der Waals surface area contributed by atoms with Gasteiger partial charge in [0, 0.05) is 18.8 Å². The number of nitrogens with zero attached hydrogens (tertiary/aromatic N) is 1. The van der Waals surface area contributed by atoms with E-state index in [1.54, 1.807) is 11.3 Å². The molecule has 1 amide bonds. The van der Waals surface area contributed by atoms with Crippen LogP contribution in [0.2, 0.25) is 0 Å². The van der Waals surface area contributed by atoms with E-state index in [1.807, 2.05) is 38.4 Å². The van der Waals surface area contributed by atoms with Crippen molar-refractivity contribution >= 4 is 33.3 Å². The van der Waals surface area contributed by atoms with Gasteiger partial charge in [0.25, 0.3) is 0 Å². The number of ether oxygens (including phenoxy) is 1. The Balaban J connectivity index is 1.66. The van der Waals surface area contributed by atoms with E-state index in [1.165, 1.54) is 4.70 Å². The van der Waals surface area contributed by atoms with Crippen molar-refractivity contribution in [2.24, 2.45) is 0 Å². The van der Waals surface area contributed by atoms with Crippen LogP contribution in [0.15, 0.2) is 23.7 Å². The fourth-order valence-corrected chi connectivity index (χ4v) is 2.51. The second-order valence-corrected chi connectivity index (χ2v) is 6.63. The number of carbonyl (C=O) groups excluding carboxylic acids is 1. The molecule has 0 saturated heterocycles. The van der Waals surface area contributed by atoms with Gasteiger partial charge in [0.15, 0.2) is 0 Å². The van der Waals surface area contributed by atoms with Gasteiger partial charge in [-0.25, -0.2) is 9.78 Å². The van der Waals surface area contributed by atoms with Gasteiger partial charge in [-0.05, 0) is 45.4 Å². The smallest absolute Gasteiger partial charge is 0.407 e. The maximum Gasteiger partial charge on any atom is 0.407 e. The van der Waals surface area contributed by atoms with Gasteiger partial charge in [-0.15, -0.1) is 11.3 Å². The molecule has 0 saturated carbocycles. The quantitative estimate of drug-likeness (QED) is 0.828. The van der Waals surface area contributed by atoms with Crippen LogP contribution < -0.4 is 10.6 Å². The van der Waals surface area contributed by atoms with Crippen molar-refractivity contribution in [1.29, 1.82) is 0 Å². The lowest BCUT2D eigenvalue weighted by atomic mass is 10.2. The number of rotatable bonds is 5. The summed E-state index contributed by atoms with van der Waals surface area (Å²) in [6, 6.07) is 6.12. The van der Waals surface area contributed by atoms with Gasteiger partial charge in [0.1, 0.15) is 5.60 Å². The summed E-state index contributed by atoms with van der Waals surface area (Å²) in [5.41, 5.74) is 3.49. The molecule has 0 spiro atoms. The Hall–Kier alpha value is -1.82. The molecular formula is C15H21N3O2S. The van der Waals surface area contributed by atoms with Gasteiger partial charge < -0.3 is 15.4 Å². The van der Waals surface area contributed by atoms with Gasteiger partial charge in [-0.2, -0.15) is 0 Å². The first-order valence-corrected chi connectivity index (χ1v) is 7.86. The number of thiazole rings is 1. The first kappa shape index (κ1) is 15.6. The molecule has 2 N–H and O–H groups in total. The molecule has 21 heavy (non-hydrogen) atoms. The molecule has 1 aromatic carbocycles. The molecule has 1 aromatic heterocycles. The van der Waals surface area contributed by atoms with Gasteiger partial charge in [0.05, 0.1) is 15.7 Å². The molecule has 0 bridgehead atoms. The van der Waals surface area contributed by atoms with Gasteiger partial charge in [-0.1, -0.05) is 0 Å². The van der Waals surface area contributed by atoms with E-state index >= 15 is 0 Å². The van der Waals surface area contributed by atoms with Crippen molar-refractivity contribution in [3.05, 3.63) is 23.7 Å². The number of hydrogen-bond acceptors (Lipinski definition) is 5. The number of anilines is 1. The van der Waals surface area contributed by atoms with Crippen LogP contribution in [0, 0.1) is 0 Å². The number of aromatic nitrogens is 1. The number of benzene rings is 1. The second kappa shape index (κ2) is 6.76. The zero-order valence-electron chi connectivity index (χ0n) is 12.6. The van der Waals surface area contributed by atoms with Crippen LogP contribution in [-0.2, 0) is 4.74 Å². The molecule has 0 fully saturated rings. The maximum atomic E-state index is 11.4. The van der Waals surface area contributed by atoms with Crippen LogP contribution in [-0.4, -0.2) is 29.8 Å². The normalized spacial score (nSPS) is 11.4. The molecule has 5 nitrogen and oxygen atoms in total. The third-order valence-corrected chi connectivity index (χ3v) is 3.47. The summed E-state index contributed by atoms with van der Waals surface area (Å²) in [4.78, 5) is 15.7. The molecule has 1 heterocycles. The summed E-state index contributed by atoms with van der Waals surface area (Å²) in [6.45, 7) is 6.93. The topological polar surface area (TPSA) is 63.2 Å². The fourth-order valence-electron chi connectivity index (χ4n) is 1.79. The van der Waals surface area contributed by atoms with Crippen molar-refractivity contribution in [3.63, 3.8) is 0 Å². The highest BCUT2D eigenvalue weighted by Gasteiger charge is 2.15. The number of carbonyl (C=O) groups is 1. The molecule has 0 aliphatic heterocycles. The second-order valence-electron chi connectivity index (χ2n) is 5.74. The highest BCUT2D eigenvalue weighted by Crippen LogP contribution is 2.21. The third-order valence-electron chi connectivity index (χ3n) is 2.68. The Morgan fingerprint density at radius 1 is 1.33 bits per heavy atom. The first-order valence-electron chi connectivity index (χ1n) is 6.98. The number of nitrogens with one attached hydrogen (secondary N) is 2. The molecule has 0 aliphatic carbocycles. The minimum absolute atomic E-state index is 0.367. The van der Waals surface area contributed by atoms with Crippen molar-refractivity contribution in [3.8, 4) is 0 Å². The van der Waals surface area contributed by atoms with Crippen LogP contribution in [0.1, 0.15) is 27.2 Å². The summed E-state index contributed by atoms with van der Waals surface area (Å²) in [5.74, 6) is 0. The Morgan fingerprint density at radius 2 is 2.14 bits per heavy atom. The molecule has 0 atom stereocenters. The molecule has 6 heteroatoms. The molecule has 0 aliphatic rings. The number of amides is 1. The van der Waals surface area contributed by atoms with Crippen LogP contribution in [0.5, 0.6) is 0 Å². The third kappa shape index (κ3) is 5.23. The lowest BCUT2D eigenvalue weighted by Gasteiger charge is -2.19. The summed E-state index contributed by atoms with van der Waals surface area (Å²) in [6.07, 6.45) is 0.466. The summed E-state index contributed by atoms with van der Waals surface area (Å²) >= 11 is 1.63. The zero-order chi connectivity index (χ0) is 15.3. The Kier molecular flexibility index (Phi) is 5.01. The highest BCUT2D eigenvalue weighted by molar-refractivity contribution is 7.16. The molecular weight excluding hydrogens is 286 g/mol. The largest absolute Gasteiger partial charge is 0.444 e. The van der Waals surface area contributed by atoms with Gasteiger partial charge in [0.2, 0.25) is 0 Å². The van der Waals surface area contributed by atoms with Crippen molar-refractivity contribution in [2.75, 3.05) is 18.4 Å². The number of fused-ring (bicyclic) bond motifs is 1. The molecule has 114 valence electrons. The van der Waals surface area contributed by atoms with Gasteiger partial charge in [-0.3, -0.25) is 0 Å². The van der Waals surface area contributed by atoms with E-state index in [0.29, 0.717) is 6.54 Å². The lowest BCUT2D eigenvalue weighted by molar-refractivity contribution is 0.0528. The van der Waals surface area contributed by atoms with E-state index in [0.717, 1.165) is 24.2 Å². The maximum absolute atomic E-state index is 11.4. The molecule has 2 aromatic rings. The SMILES string of the molecule is CC(C)(C)OC(=O)NCCCNc1ccc2ncsc2c1. The predicted molar refractivity (Wildman–Crippen MR) is 87.0 cm³/mol. The standard InChI is InChI=1S/C15H21N3O2S/c1-15(2,3)20-14(19)17-8-4-7-16-11-5-6-12-13(9-11)21-10-18-12/h5-6,9-10,16H,4,7-8H2,1-3H3,(H,17,19). The van der Waals surface area contributed by atoms with E-state index in [-0.39, 0.29) is 6.09 Å². The number of hydrogen-bond donors (Lipinski definition) is 2. The highest BCUT2D eigenvalue weighted by atomic mass is 32.1. The Bertz CT molecular complexity index is 604. The molecule has 0 unspecified atom stereocenters. The zero-order valence-corrected chi connectivity index (χ0v) is 13.4. The summed E-state index contributed by atoms with van der Waals surface area (Å²) < 4.78 is 6.34.